The normalized spacial score (nSPS) is 14.1. The molecule has 0 saturated heterocycles. The van der Waals surface area contributed by atoms with Crippen LogP contribution in [-0.2, 0) is 9.59 Å². The number of nitrogens with one attached hydrogen (secondary N) is 1. The standard InChI is InChI=1S/C9H7NO2/c1-7(12)10-9-5-3-2-4-8(9)6-11/h2,4-6H,1H3/p+1. The predicted molar refractivity (Wildman–Crippen MR) is 43.9 cm³/mol. The van der Waals surface area contributed by atoms with Crippen molar-refractivity contribution in [3.8, 4) is 0 Å². The molecule has 0 atom stereocenters. The number of hydrogen-bond acceptors (Lipinski definition) is 2. The molecule has 1 aliphatic rings. The Morgan fingerprint density at radius 3 is 3.00 bits per heavy atom. The third-order valence-corrected chi connectivity index (χ3v) is 1.34. The van der Waals surface area contributed by atoms with E-state index in [0.717, 1.165) is 0 Å². The zero-order chi connectivity index (χ0) is 8.97. The molecule has 0 fully saturated rings. The first kappa shape index (κ1) is 8.37. The lowest BCUT2D eigenvalue weighted by atomic mass is 10.1. The smallest absolute Gasteiger partial charge is 0.233 e. The minimum absolute atomic E-state index is 0.197. The summed E-state index contributed by atoms with van der Waals surface area (Å²) in [6.07, 6.45) is 8.24. The molecule has 0 heterocycles. The fourth-order valence-electron chi connectivity index (χ4n) is 0.843. The lowest BCUT2D eigenvalue weighted by Gasteiger charge is -1.98. The molecule has 0 aromatic heterocycles. The molecule has 3 nitrogen and oxygen atoms in total. The highest BCUT2D eigenvalue weighted by atomic mass is 16.1. The molecule has 0 saturated carbocycles. The van der Waals surface area contributed by atoms with Crippen molar-refractivity contribution in [2.75, 3.05) is 0 Å². The molecular formula is C9H8NO2+. The molecule has 0 aromatic rings. The van der Waals surface area contributed by atoms with Gasteiger partial charge in [0.25, 0.3) is 0 Å². The lowest BCUT2D eigenvalue weighted by molar-refractivity contribution is -0.118. The van der Waals surface area contributed by atoms with Crippen LogP contribution in [0, 0.1) is 6.08 Å². The molecule has 12 heavy (non-hydrogen) atoms. The second kappa shape index (κ2) is 3.60. The van der Waals surface area contributed by atoms with Crippen molar-refractivity contribution in [3.63, 3.8) is 0 Å². The van der Waals surface area contributed by atoms with E-state index in [2.05, 4.69) is 11.4 Å². The Morgan fingerprint density at radius 1 is 1.67 bits per heavy atom. The number of allylic oxidation sites excluding steroid dienone is 5. The minimum atomic E-state index is -0.197. The maximum absolute atomic E-state index is 10.6. The van der Waals surface area contributed by atoms with Crippen LogP contribution in [0.3, 0.4) is 0 Å². The summed E-state index contributed by atoms with van der Waals surface area (Å²) in [4.78, 5) is 21.1. The highest BCUT2D eigenvalue weighted by Gasteiger charge is 2.13. The second-order valence-corrected chi connectivity index (χ2v) is 2.31. The first-order chi connectivity index (χ1) is 5.74. The number of hydrogen-bond donors (Lipinski definition) is 1. The number of aldehydes is 1. The van der Waals surface area contributed by atoms with Crippen molar-refractivity contribution in [2.24, 2.45) is 0 Å². The third-order valence-electron chi connectivity index (χ3n) is 1.34. The van der Waals surface area contributed by atoms with Crippen molar-refractivity contribution in [1.82, 2.24) is 5.32 Å². The molecule has 1 rings (SSSR count). The van der Waals surface area contributed by atoms with Gasteiger partial charge in [-0.25, -0.2) is 0 Å². The van der Waals surface area contributed by atoms with Gasteiger partial charge in [-0.05, 0) is 0 Å². The van der Waals surface area contributed by atoms with Gasteiger partial charge in [-0.3, -0.25) is 14.9 Å². The van der Waals surface area contributed by atoms with Crippen LogP contribution < -0.4 is 5.32 Å². The fourth-order valence-corrected chi connectivity index (χ4v) is 0.843. The minimum Gasteiger partial charge on any atom is -0.295 e. The Labute approximate surface area is 70.5 Å². The van der Waals surface area contributed by atoms with Crippen LogP contribution in [0.4, 0.5) is 0 Å². The molecule has 1 amide bonds. The summed E-state index contributed by atoms with van der Waals surface area (Å²) in [5.41, 5.74) is 0.962. The first-order valence-corrected chi connectivity index (χ1v) is 3.47. The van der Waals surface area contributed by atoms with E-state index in [-0.39, 0.29) is 5.91 Å². The van der Waals surface area contributed by atoms with E-state index >= 15 is 0 Å². The van der Waals surface area contributed by atoms with Crippen LogP contribution in [0.25, 0.3) is 0 Å². The SMILES string of the molecule is CC(=O)NC1=C(C=O)C=C[C+]=C1. The Bertz CT molecular complexity index is 298. The van der Waals surface area contributed by atoms with Crippen LogP contribution >= 0.6 is 0 Å². The topological polar surface area (TPSA) is 46.2 Å². The van der Waals surface area contributed by atoms with Crippen molar-refractivity contribution in [3.05, 3.63) is 35.6 Å². The molecule has 1 aliphatic carbocycles. The molecule has 0 aromatic carbocycles. The van der Waals surface area contributed by atoms with Gasteiger partial charge in [0.2, 0.25) is 5.91 Å². The first-order valence-electron chi connectivity index (χ1n) is 3.47. The lowest BCUT2D eigenvalue weighted by Crippen LogP contribution is -2.20. The summed E-state index contributed by atoms with van der Waals surface area (Å²) < 4.78 is 0. The quantitative estimate of drug-likeness (QED) is 0.475. The molecule has 0 unspecified atom stereocenters. The molecule has 1 N–H and O–H groups in total. The van der Waals surface area contributed by atoms with E-state index in [0.29, 0.717) is 17.6 Å². The zero-order valence-electron chi connectivity index (χ0n) is 6.63. The molecular weight excluding hydrogens is 154 g/mol. The Balaban J connectivity index is 2.90. The van der Waals surface area contributed by atoms with Gasteiger partial charge in [0.05, 0.1) is 6.08 Å². The predicted octanol–water partition coefficient (Wildman–Crippen LogP) is 0.505. The Kier molecular flexibility index (Phi) is 2.51. The van der Waals surface area contributed by atoms with Crippen molar-refractivity contribution >= 4 is 12.2 Å². The van der Waals surface area contributed by atoms with Crippen LogP contribution in [-0.4, -0.2) is 12.2 Å². The number of carbonyl (C=O) groups is 2. The monoisotopic (exact) mass is 162 g/mol. The second-order valence-electron chi connectivity index (χ2n) is 2.31. The summed E-state index contributed by atoms with van der Waals surface area (Å²) in [5.74, 6) is -0.197. The van der Waals surface area contributed by atoms with E-state index in [1.165, 1.54) is 6.92 Å². The number of rotatable bonds is 2. The van der Waals surface area contributed by atoms with Crippen LogP contribution in [0.15, 0.2) is 29.5 Å². The van der Waals surface area contributed by atoms with E-state index in [1.54, 1.807) is 18.2 Å². The van der Waals surface area contributed by atoms with Crippen molar-refractivity contribution < 1.29 is 9.59 Å². The van der Waals surface area contributed by atoms with Crippen LogP contribution in [0.5, 0.6) is 0 Å². The van der Waals surface area contributed by atoms with Gasteiger partial charge in [-0.1, -0.05) is 0 Å². The molecule has 60 valence electrons. The highest BCUT2D eigenvalue weighted by Crippen LogP contribution is 2.07. The van der Waals surface area contributed by atoms with Gasteiger partial charge in [0.15, 0.2) is 12.0 Å². The molecule has 0 aliphatic heterocycles. The van der Waals surface area contributed by atoms with Crippen molar-refractivity contribution in [1.29, 1.82) is 0 Å². The number of amides is 1. The Hall–Kier alpha value is -1.73. The average molecular weight is 162 g/mol. The summed E-state index contributed by atoms with van der Waals surface area (Å²) in [6.45, 7) is 1.39. The van der Waals surface area contributed by atoms with E-state index in [1.807, 2.05) is 0 Å². The van der Waals surface area contributed by atoms with Gasteiger partial charge in [-0.2, -0.15) is 0 Å². The summed E-state index contributed by atoms with van der Waals surface area (Å²) in [6, 6.07) is 0. The van der Waals surface area contributed by atoms with E-state index < -0.39 is 0 Å². The Morgan fingerprint density at radius 2 is 2.42 bits per heavy atom. The van der Waals surface area contributed by atoms with E-state index in [9.17, 15) is 9.59 Å². The van der Waals surface area contributed by atoms with Gasteiger partial charge in [0, 0.05) is 13.0 Å². The van der Waals surface area contributed by atoms with Crippen LogP contribution in [0.1, 0.15) is 6.92 Å². The van der Waals surface area contributed by atoms with Gasteiger partial charge < -0.3 is 0 Å². The fraction of sp³-hybridized carbons (Fsp3) is 0.111. The zero-order valence-corrected chi connectivity index (χ0v) is 6.63. The third kappa shape index (κ3) is 1.87. The summed E-state index contributed by atoms with van der Waals surface area (Å²) in [5, 5.41) is 2.52. The molecule has 0 spiro atoms. The van der Waals surface area contributed by atoms with E-state index in [4.69, 9.17) is 0 Å². The van der Waals surface area contributed by atoms with Gasteiger partial charge >= 0.3 is 0 Å². The maximum Gasteiger partial charge on any atom is 0.233 e. The summed E-state index contributed by atoms with van der Waals surface area (Å²) in [7, 11) is 0. The van der Waals surface area contributed by atoms with Gasteiger partial charge in [-0.15, -0.1) is 0 Å². The molecule has 0 radical (unpaired) electrons. The largest absolute Gasteiger partial charge is 0.295 e. The molecule has 0 bridgehead atoms. The number of carbonyl (C=O) groups excluding carboxylic acids is 2. The van der Waals surface area contributed by atoms with Gasteiger partial charge in [0.1, 0.15) is 17.7 Å². The van der Waals surface area contributed by atoms with Crippen LogP contribution in [0.2, 0.25) is 0 Å². The highest BCUT2D eigenvalue weighted by molar-refractivity contribution is 5.84. The average Bonchev–Trinajstić information content (AvgIpc) is 2.04. The summed E-state index contributed by atoms with van der Waals surface area (Å²) >= 11 is 0. The molecule has 3 heteroatoms. The van der Waals surface area contributed by atoms with Crippen molar-refractivity contribution in [2.45, 2.75) is 6.92 Å². The maximum atomic E-state index is 10.6.